The van der Waals surface area contributed by atoms with Gasteiger partial charge < -0.3 is 0 Å². The lowest BCUT2D eigenvalue weighted by molar-refractivity contribution is -0.386. The van der Waals surface area contributed by atoms with Gasteiger partial charge in [-0.25, -0.2) is 4.98 Å². The van der Waals surface area contributed by atoms with Gasteiger partial charge >= 0.3 is 11.2 Å². The lowest BCUT2D eigenvalue weighted by atomic mass is 10.4. The predicted molar refractivity (Wildman–Crippen MR) is 64.9 cm³/mol. The Morgan fingerprint density at radius 1 is 1.33 bits per heavy atom. The third kappa shape index (κ3) is 1.69. The number of pyridine rings is 1. The van der Waals surface area contributed by atoms with Gasteiger partial charge in [-0.1, -0.05) is 6.07 Å². The van der Waals surface area contributed by atoms with Crippen molar-refractivity contribution in [3.05, 3.63) is 50.1 Å². The van der Waals surface area contributed by atoms with Crippen molar-refractivity contribution in [2.24, 2.45) is 7.05 Å². The summed E-state index contributed by atoms with van der Waals surface area (Å²) in [6.07, 6.45) is 0. The van der Waals surface area contributed by atoms with Crippen molar-refractivity contribution in [3.63, 3.8) is 0 Å². The summed E-state index contributed by atoms with van der Waals surface area (Å²) in [7, 11) is 1.59. The Morgan fingerprint density at radius 3 is 2.50 bits per heavy atom. The Hall–Kier alpha value is -2.44. The molecular weight excluding hydrogens is 236 g/mol. The predicted octanol–water partition coefficient (Wildman–Crippen LogP) is 1.10. The summed E-state index contributed by atoms with van der Waals surface area (Å²) in [5, 5.41) is 10.9. The van der Waals surface area contributed by atoms with E-state index in [2.05, 4.69) is 4.98 Å². The van der Waals surface area contributed by atoms with Crippen LogP contribution in [0.1, 0.15) is 11.4 Å². The second-order valence-electron chi connectivity index (χ2n) is 3.97. The molecule has 0 bridgehead atoms. The summed E-state index contributed by atoms with van der Waals surface area (Å²) in [6.45, 7) is 3.32. The SMILES string of the molecule is Cc1cccc(-n2c(=O)c([N+](=O)[O-])c(C)n2C)n1. The van der Waals surface area contributed by atoms with E-state index in [-0.39, 0.29) is 0 Å². The zero-order valence-corrected chi connectivity index (χ0v) is 10.2. The van der Waals surface area contributed by atoms with Gasteiger partial charge in [0, 0.05) is 12.7 Å². The number of nitro groups is 1. The molecule has 0 N–H and O–H groups in total. The topological polar surface area (TPSA) is 83.0 Å². The summed E-state index contributed by atoms with van der Waals surface area (Å²) in [6, 6.07) is 5.18. The first kappa shape index (κ1) is 12.0. The highest BCUT2D eigenvalue weighted by atomic mass is 16.6. The van der Waals surface area contributed by atoms with Crippen LogP contribution in [-0.4, -0.2) is 19.3 Å². The van der Waals surface area contributed by atoms with E-state index in [1.165, 1.54) is 16.3 Å². The van der Waals surface area contributed by atoms with Gasteiger partial charge in [-0.3, -0.25) is 19.6 Å². The molecule has 0 fully saturated rings. The molecule has 0 atom stereocenters. The van der Waals surface area contributed by atoms with Gasteiger partial charge in [0.2, 0.25) is 0 Å². The Labute approximate surface area is 102 Å². The summed E-state index contributed by atoms with van der Waals surface area (Å²) >= 11 is 0. The minimum Gasteiger partial charge on any atom is -0.277 e. The second kappa shape index (κ2) is 4.10. The number of aryl methyl sites for hydroxylation is 1. The standard InChI is InChI=1S/C11H12N4O3/c1-7-5-4-6-9(12-7)14-11(16)10(15(17)18)8(2)13(14)3/h4-6H,1-3H3. The minimum absolute atomic E-state index is 0.299. The van der Waals surface area contributed by atoms with Crippen LogP contribution in [-0.2, 0) is 7.05 Å². The molecule has 94 valence electrons. The number of hydrogen-bond acceptors (Lipinski definition) is 4. The van der Waals surface area contributed by atoms with Crippen molar-refractivity contribution >= 4 is 5.69 Å². The molecule has 0 spiro atoms. The first-order chi connectivity index (χ1) is 8.43. The maximum atomic E-state index is 12.0. The van der Waals surface area contributed by atoms with E-state index < -0.39 is 16.2 Å². The quantitative estimate of drug-likeness (QED) is 0.588. The van der Waals surface area contributed by atoms with Crippen LogP contribution in [0.3, 0.4) is 0 Å². The third-order valence-electron chi connectivity index (χ3n) is 2.80. The first-order valence-corrected chi connectivity index (χ1v) is 5.30. The van der Waals surface area contributed by atoms with Crippen molar-refractivity contribution in [2.45, 2.75) is 13.8 Å². The van der Waals surface area contributed by atoms with Crippen LogP contribution in [0.4, 0.5) is 5.69 Å². The van der Waals surface area contributed by atoms with Crippen LogP contribution in [0, 0.1) is 24.0 Å². The Bertz CT molecular complexity index is 684. The van der Waals surface area contributed by atoms with E-state index in [1.807, 2.05) is 0 Å². The number of hydrogen-bond donors (Lipinski definition) is 0. The molecule has 0 aliphatic rings. The Balaban J connectivity index is 2.78. The van der Waals surface area contributed by atoms with Crippen molar-refractivity contribution in [2.75, 3.05) is 0 Å². The molecule has 7 nitrogen and oxygen atoms in total. The molecule has 2 heterocycles. The number of aromatic nitrogens is 3. The van der Waals surface area contributed by atoms with Crippen LogP contribution in [0.5, 0.6) is 0 Å². The van der Waals surface area contributed by atoms with Crippen LogP contribution in [0.2, 0.25) is 0 Å². The fourth-order valence-corrected chi connectivity index (χ4v) is 1.81. The van der Waals surface area contributed by atoms with Gasteiger partial charge in [-0.05, 0) is 26.0 Å². The zero-order chi connectivity index (χ0) is 13.4. The summed E-state index contributed by atoms with van der Waals surface area (Å²) in [4.78, 5) is 26.4. The van der Waals surface area contributed by atoms with Crippen LogP contribution >= 0.6 is 0 Å². The monoisotopic (exact) mass is 248 g/mol. The van der Waals surface area contributed by atoms with Gasteiger partial charge in [-0.2, -0.15) is 4.68 Å². The molecule has 0 saturated heterocycles. The molecule has 18 heavy (non-hydrogen) atoms. The van der Waals surface area contributed by atoms with Crippen LogP contribution < -0.4 is 5.56 Å². The molecule has 0 aromatic carbocycles. The third-order valence-corrected chi connectivity index (χ3v) is 2.80. The largest absolute Gasteiger partial charge is 0.356 e. The van der Waals surface area contributed by atoms with Crippen molar-refractivity contribution in [3.8, 4) is 5.82 Å². The Morgan fingerprint density at radius 2 is 2.00 bits per heavy atom. The highest BCUT2D eigenvalue weighted by Gasteiger charge is 2.25. The molecule has 7 heteroatoms. The van der Waals surface area contributed by atoms with Gasteiger partial charge in [0.15, 0.2) is 5.82 Å². The Kier molecular flexibility index (Phi) is 2.74. The second-order valence-corrected chi connectivity index (χ2v) is 3.97. The van der Waals surface area contributed by atoms with E-state index in [0.717, 1.165) is 5.69 Å². The molecule has 0 radical (unpaired) electrons. The average molecular weight is 248 g/mol. The fourth-order valence-electron chi connectivity index (χ4n) is 1.81. The molecule has 2 aromatic heterocycles. The van der Waals surface area contributed by atoms with Crippen molar-refractivity contribution in [1.82, 2.24) is 14.3 Å². The molecular formula is C11H12N4O3. The number of rotatable bonds is 2. The highest BCUT2D eigenvalue weighted by molar-refractivity contribution is 5.37. The van der Waals surface area contributed by atoms with Crippen molar-refractivity contribution < 1.29 is 4.92 Å². The molecule has 2 rings (SSSR count). The molecule has 0 saturated carbocycles. The molecule has 2 aromatic rings. The lowest BCUT2D eigenvalue weighted by Gasteiger charge is -2.06. The van der Waals surface area contributed by atoms with E-state index in [4.69, 9.17) is 0 Å². The smallest absolute Gasteiger partial charge is 0.277 e. The van der Waals surface area contributed by atoms with Gasteiger partial charge in [0.1, 0.15) is 5.69 Å². The first-order valence-electron chi connectivity index (χ1n) is 5.30. The number of nitrogens with zero attached hydrogens (tertiary/aromatic N) is 4. The van der Waals surface area contributed by atoms with Crippen LogP contribution in [0.25, 0.3) is 5.82 Å². The van der Waals surface area contributed by atoms with E-state index in [9.17, 15) is 14.9 Å². The van der Waals surface area contributed by atoms with Crippen molar-refractivity contribution in [1.29, 1.82) is 0 Å². The maximum absolute atomic E-state index is 12.0. The summed E-state index contributed by atoms with van der Waals surface area (Å²) in [5.41, 5.74) is -0.0480. The summed E-state index contributed by atoms with van der Waals surface area (Å²) in [5.74, 6) is 0.374. The van der Waals surface area contributed by atoms with E-state index in [0.29, 0.717) is 11.5 Å². The van der Waals surface area contributed by atoms with Gasteiger partial charge in [0.25, 0.3) is 0 Å². The van der Waals surface area contributed by atoms with E-state index in [1.54, 1.807) is 32.2 Å². The molecule has 0 unspecified atom stereocenters. The molecule has 0 aliphatic heterocycles. The lowest BCUT2D eigenvalue weighted by Crippen LogP contribution is -2.21. The maximum Gasteiger partial charge on any atom is 0.356 e. The normalized spacial score (nSPS) is 10.6. The average Bonchev–Trinajstić information content (AvgIpc) is 2.50. The fraction of sp³-hybridized carbons (Fsp3) is 0.273. The summed E-state index contributed by atoms with van der Waals surface area (Å²) < 4.78 is 2.63. The van der Waals surface area contributed by atoms with Gasteiger partial charge in [-0.15, -0.1) is 0 Å². The minimum atomic E-state index is -0.668. The molecule has 0 aliphatic carbocycles. The molecule has 0 amide bonds. The van der Waals surface area contributed by atoms with Gasteiger partial charge in [0.05, 0.1) is 4.92 Å². The van der Waals surface area contributed by atoms with Crippen LogP contribution in [0.15, 0.2) is 23.0 Å². The zero-order valence-electron chi connectivity index (χ0n) is 10.2. The highest BCUT2D eigenvalue weighted by Crippen LogP contribution is 2.14. The van der Waals surface area contributed by atoms with E-state index >= 15 is 0 Å².